The summed E-state index contributed by atoms with van der Waals surface area (Å²) in [6.07, 6.45) is 2.57. The highest BCUT2D eigenvalue weighted by Gasteiger charge is 2.10. The van der Waals surface area contributed by atoms with Crippen LogP contribution in [0.3, 0.4) is 0 Å². The number of aromatic nitrogens is 2. The molecule has 0 aromatic carbocycles. The fourth-order valence-electron chi connectivity index (χ4n) is 1.97. The van der Waals surface area contributed by atoms with Crippen LogP contribution >= 0.6 is 11.3 Å². The highest BCUT2D eigenvalue weighted by molar-refractivity contribution is 7.18. The van der Waals surface area contributed by atoms with E-state index in [0.717, 1.165) is 11.3 Å². The number of amides is 1. The van der Waals surface area contributed by atoms with E-state index in [1.165, 1.54) is 22.2 Å². The molecule has 0 atom stereocenters. The summed E-state index contributed by atoms with van der Waals surface area (Å²) in [5, 5.41) is 11.6. The van der Waals surface area contributed by atoms with E-state index in [1.54, 1.807) is 0 Å². The molecule has 0 bridgehead atoms. The van der Waals surface area contributed by atoms with Gasteiger partial charge in [0.05, 0.1) is 11.7 Å². The molecule has 0 fully saturated rings. The normalized spacial score (nSPS) is 10.8. The predicted molar refractivity (Wildman–Crippen MR) is 83.1 cm³/mol. The van der Waals surface area contributed by atoms with Crippen LogP contribution in [0.15, 0.2) is 17.2 Å². The summed E-state index contributed by atoms with van der Waals surface area (Å²) in [7, 11) is 0. The van der Waals surface area contributed by atoms with Crippen LogP contribution < -0.4 is 10.9 Å². The monoisotopic (exact) mass is 323 g/mol. The number of carboxylic acids is 1. The summed E-state index contributed by atoms with van der Waals surface area (Å²) >= 11 is 1.48. The maximum Gasteiger partial charge on any atom is 0.303 e. The van der Waals surface area contributed by atoms with E-state index in [-0.39, 0.29) is 31.0 Å². The van der Waals surface area contributed by atoms with Crippen molar-refractivity contribution in [3.05, 3.63) is 27.6 Å². The minimum atomic E-state index is -0.899. The first kappa shape index (κ1) is 16.2. The molecule has 2 aromatic heterocycles. The smallest absolute Gasteiger partial charge is 0.303 e. The lowest BCUT2D eigenvalue weighted by Gasteiger charge is -2.06. The lowest BCUT2D eigenvalue weighted by molar-refractivity contribution is -0.137. The lowest BCUT2D eigenvalue weighted by atomic mass is 10.3. The number of aliphatic carboxylic acids is 1. The van der Waals surface area contributed by atoms with Gasteiger partial charge in [0, 0.05) is 17.8 Å². The molecule has 118 valence electrons. The van der Waals surface area contributed by atoms with Crippen LogP contribution in [0.4, 0.5) is 0 Å². The highest BCUT2D eigenvalue weighted by Crippen LogP contribution is 2.20. The standard InChI is InChI=1S/C14H17N3O4S/c1-2-9-6-10-13(22-9)16-8-17(14(10)21)7-11(18)15-5-3-4-12(19)20/h6,8H,2-5,7H2,1H3,(H,15,18)(H,19,20). The van der Waals surface area contributed by atoms with E-state index < -0.39 is 5.97 Å². The largest absolute Gasteiger partial charge is 0.481 e. The second-order valence-corrected chi connectivity index (χ2v) is 5.93. The molecule has 2 rings (SSSR count). The average molecular weight is 323 g/mol. The molecule has 22 heavy (non-hydrogen) atoms. The zero-order valence-corrected chi connectivity index (χ0v) is 13.0. The maximum absolute atomic E-state index is 12.3. The number of carboxylic acid groups (broad SMARTS) is 1. The summed E-state index contributed by atoms with van der Waals surface area (Å²) in [6.45, 7) is 2.16. The van der Waals surface area contributed by atoms with Gasteiger partial charge in [-0.15, -0.1) is 11.3 Å². The van der Waals surface area contributed by atoms with Gasteiger partial charge in [-0.3, -0.25) is 19.0 Å². The number of carbonyl (C=O) groups is 2. The topological polar surface area (TPSA) is 101 Å². The van der Waals surface area contributed by atoms with Gasteiger partial charge in [0.15, 0.2) is 0 Å². The summed E-state index contributed by atoms with van der Waals surface area (Å²) in [5.41, 5.74) is -0.235. The molecule has 0 saturated heterocycles. The van der Waals surface area contributed by atoms with Crippen molar-refractivity contribution >= 4 is 33.4 Å². The first-order valence-electron chi connectivity index (χ1n) is 6.97. The lowest BCUT2D eigenvalue weighted by Crippen LogP contribution is -2.33. The molecule has 0 radical (unpaired) electrons. The Bertz CT molecular complexity index is 750. The Hall–Kier alpha value is -2.22. The minimum Gasteiger partial charge on any atom is -0.481 e. The molecule has 7 nitrogen and oxygen atoms in total. The molecule has 0 saturated carbocycles. The molecule has 0 aliphatic carbocycles. The maximum atomic E-state index is 12.3. The molecule has 0 spiro atoms. The van der Waals surface area contributed by atoms with Crippen LogP contribution in [0, 0.1) is 0 Å². The first-order valence-corrected chi connectivity index (χ1v) is 7.79. The van der Waals surface area contributed by atoms with E-state index in [4.69, 9.17) is 5.11 Å². The third kappa shape index (κ3) is 3.91. The number of rotatable bonds is 7. The van der Waals surface area contributed by atoms with Gasteiger partial charge in [0.2, 0.25) is 5.91 Å². The fourth-order valence-corrected chi connectivity index (χ4v) is 2.90. The summed E-state index contributed by atoms with van der Waals surface area (Å²) in [4.78, 5) is 40.4. The van der Waals surface area contributed by atoms with E-state index in [0.29, 0.717) is 16.6 Å². The molecule has 0 unspecified atom stereocenters. The summed E-state index contributed by atoms with van der Waals surface area (Å²) in [6, 6.07) is 1.82. The van der Waals surface area contributed by atoms with Crippen LogP contribution in [0.25, 0.3) is 10.2 Å². The van der Waals surface area contributed by atoms with Crippen LogP contribution in [0.5, 0.6) is 0 Å². The Labute approximate surface area is 130 Å². The van der Waals surface area contributed by atoms with Crippen LogP contribution in [-0.4, -0.2) is 33.1 Å². The second kappa shape index (κ2) is 7.17. The van der Waals surface area contributed by atoms with Crippen molar-refractivity contribution in [3.63, 3.8) is 0 Å². The zero-order valence-electron chi connectivity index (χ0n) is 12.2. The molecular weight excluding hydrogens is 306 g/mol. The number of nitrogens with one attached hydrogen (secondary N) is 1. The molecule has 0 aliphatic heterocycles. The van der Waals surface area contributed by atoms with Crippen molar-refractivity contribution in [3.8, 4) is 0 Å². The number of hydrogen-bond donors (Lipinski definition) is 2. The van der Waals surface area contributed by atoms with Crippen molar-refractivity contribution in [1.29, 1.82) is 0 Å². The van der Waals surface area contributed by atoms with Gasteiger partial charge < -0.3 is 10.4 Å². The van der Waals surface area contributed by atoms with Crippen molar-refractivity contribution < 1.29 is 14.7 Å². The fraction of sp³-hybridized carbons (Fsp3) is 0.429. The van der Waals surface area contributed by atoms with Crippen molar-refractivity contribution in [2.24, 2.45) is 0 Å². The van der Waals surface area contributed by atoms with E-state index in [9.17, 15) is 14.4 Å². The van der Waals surface area contributed by atoms with Crippen molar-refractivity contribution in [2.75, 3.05) is 6.54 Å². The van der Waals surface area contributed by atoms with Gasteiger partial charge in [0.25, 0.3) is 5.56 Å². The Morgan fingerprint density at radius 2 is 2.23 bits per heavy atom. The number of hydrogen-bond acceptors (Lipinski definition) is 5. The minimum absolute atomic E-state index is 0.00242. The quantitative estimate of drug-likeness (QED) is 0.740. The zero-order chi connectivity index (χ0) is 16.1. The molecule has 2 heterocycles. The van der Waals surface area contributed by atoms with Crippen molar-refractivity contribution in [2.45, 2.75) is 32.7 Å². The SMILES string of the molecule is CCc1cc2c(=O)n(CC(=O)NCCCC(=O)O)cnc2s1. The Morgan fingerprint density at radius 3 is 2.91 bits per heavy atom. The van der Waals surface area contributed by atoms with Crippen molar-refractivity contribution in [1.82, 2.24) is 14.9 Å². The number of fused-ring (bicyclic) bond motifs is 1. The molecule has 0 aliphatic rings. The van der Waals surface area contributed by atoms with Crippen LogP contribution in [0.2, 0.25) is 0 Å². The number of nitrogens with zero attached hydrogens (tertiary/aromatic N) is 2. The van der Waals surface area contributed by atoms with Gasteiger partial charge in [0.1, 0.15) is 11.4 Å². The third-order valence-corrected chi connectivity index (χ3v) is 4.31. The van der Waals surface area contributed by atoms with Crippen LogP contribution in [0.1, 0.15) is 24.6 Å². The Kier molecular flexibility index (Phi) is 5.26. The highest BCUT2D eigenvalue weighted by atomic mass is 32.1. The Morgan fingerprint density at radius 1 is 1.45 bits per heavy atom. The number of carbonyl (C=O) groups excluding carboxylic acids is 1. The molecule has 2 N–H and O–H groups in total. The second-order valence-electron chi connectivity index (χ2n) is 4.81. The van der Waals surface area contributed by atoms with Gasteiger partial charge in [-0.1, -0.05) is 6.92 Å². The average Bonchev–Trinajstić information content (AvgIpc) is 2.90. The van der Waals surface area contributed by atoms with Gasteiger partial charge in [-0.2, -0.15) is 0 Å². The van der Waals surface area contributed by atoms with E-state index in [1.807, 2.05) is 13.0 Å². The third-order valence-electron chi connectivity index (χ3n) is 3.12. The van der Waals surface area contributed by atoms with E-state index in [2.05, 4.69) is 10.3 Å². The predicted octanol–water partition coefficient (Wildman–Crippen LogP) is 1.00. The summed E-state index contributed by atoms with van der Waals surface area (Å²) < 4.78 is 1.26. The van der Waals surface area contributed by atoms with Gasteiger partial charge >= 0.3 is 5.97 Å². The molecule has 8 heteroatoms. The molecule has 1 amide bonds. The Balaban J connectivity index is 2.02. The van der Waals surface area contributed by atoms with Gasteiger partial charge in [-0.25, -0.2) is 4.98 Å². The number of thiophene rings is 1. The number of aryl methyl sites for hydroxylation is 1. The van der Waals surface area contributed by atoms with Gasteiger partial charge in [-0.05, 0) is 18.9 Å². The summed E-state index contributed by atoms with van der Waals surface area (Å²) in [5.74, 6) is -1.23. The molecular formula is C14H17N3O4S. The van der Waals surface area contributed by atoms with E-state index >= 15 is 0 Å². The molecule has 2 aromatic rings. The first-order chi connectivity index (χ1) is 10.5. The van der Waals surface area contributed by atoms with Crippen LogP contribution in [-0.2, 0) is 22.6 Å².